The van der Waals surface area contributed by atoms with Crippen molar-refractivity contribution in [1.29, 1.82) is 0 Å². The summed E-state index contributed by atoms with van der Waals surface area (Å²) < 4.78 is 5.76. The van der Waals surface area contributed by atoms with Crippen LogP contribution in [0.3, 0.4) is 0 Å². The molecular formula is C19H30N2O. The lowest BCUT2D eigenvalue weighted by molar-refractivity contribution is 0.125. The summed E-state index contributed by atoms with van der Waals surface area (Å²) in [4.78, 5) is 2.61. The van der Waals surface area contributed by atoms with Crippen LogP contribution < -0.4 is 10.1 Å². The highest BCUT2D eigenvalue weighted by molar-refractivity contribution is 5.33. The van der Waals surface area contributed by atoms with E-state index in [0.717, 1.165) is 30.7 Å². The first kappa shape index (κ1) is 15.8. The lowest BCUT2D eigenvalue weighted by atomic mass is 9.79. The zero-order chi connectivity index (χ0) is 15.2. The van der Waals surface area contributed by atoms with Gasteiger partial charge in [-0.3, -0.25) is 4.90 Å². The Morgan fingerprint density at radius 3 is 2.45 bits per heavy atom. The maximum Gasteiger partial charge on any atom is 0.123 e. The smallest absolute Gasteiger partial charge is 0.123 e. The molecule has 3 rings (SSSR count). The Kier molecular flexibility index (Phi) is 5.74. The molecule has 0 saturated carbocycles. The molecule has 0 atom stereocenters. The molecule has 22 heavy (non-hydrogen) atoms. The van der Waals surface area contributed by atoms with Crippen molar-refractivity contribution in [1.82, 2.24) is 10.2 Å². The number of nitrogens with one attached hydrogen (secondary N) is 1. The van der Waals surface area contributed by atoms with E-state index in [0.29, 0.717) is 0 Å². The fourth-order valence-electron chi connectivity index (χ4n) is 4.07. The molecule has 2 aliphatic heterocycles. The summed E-state index contributed by atoms with van der Waals surface area (Å²) in [6, 6.07) is 8.50. The van der Waals surface area contributed by atoms with Gasteiger partial charge in [-0.2, -0.15) is 0 Å². The van der Waals surface area contributed by atoms with Crippen molar-refractivity contribution >= 4 is 0 Å². The van der Waals surface area contributed by atoms with Crippen molar-refractivity contribution < 1.29 is 4.74 Å². The van der Waals surface area contributed by atoms with Crippen molar-refractivity contribution in [3.05, 3.63) is 29.8 Å². The topological polar surface area (TPSA) is 24.5 Å². The van der Waals surface area contributed by atoms with Gasteiger partial charge < -0.3 is 10.1 Å². The van der Waals surface area contributed by atoms with E-state index in [1.165, 1.54) is 57.4 Å². The molecule has 2 aliphatic rings. The van der Waals surface area contributed by atoms with Crippen LogP contribution in [0.25, 0.3) is 0 Å². The third-order valence-electron chi connectivity index (χ3n) is 5.35. The lowest BCUT2D eigenvalue weighted by Gasteiger charge is -2.38. The lowest BCUT2D eigenvalue weighted by Crippen LogP contribution is -2.39. The predicted octanol–water partition coefficient (Wildman–Crippen LogP) is 3.30. The fraction of sp³-hybridized carbons (Fsp3) is 0.684. The van der Waals surface area contributed by atoms with Crippen LogP contribution in [0.2, 0.25) is 0 Å². The molecule has 1 N–H and O–H groups in total. The van der Waals surface area contributed by atoms with E-state index in [1.807, 2.05) is 0 Å². The summed E-state index contributed by atoms with van der Waals surface area (Å²) in [5.41, 5.74) is 1.34. The Morgan fingerprint density at radius 1 is 1.05 bits per heavy atom. The molecule has 0 bridgehead atoms. The first-order valence-corrected chi connectivity index (χ1v) is 9.00. The number of hydrogen-bond acceptors (Lipinski definition) is 3. The van der Waals surface area contributed by atoms with E-state index in [2.05, 4.69) is 41.4 Å². The maximum atomic E-state index is 5.76. The minimum Gasteiger partial charge on any atom is -0.494 e. The van der Waals surface area contributed by atoms with Gasteiger partial charge in [0.05, 0.1) is 6.61 Å². The second kappa shape index (κ2) is 7.98. The van der Waals surface area contributed by atoms with Gasteiger partial charge >= 0.3 is 0 Å². The van der Waals surface area contributed by atoms with Crippen molar-refractivity contribution in [3.8, 4) is 5.75 Å². The Morgan fingerprint density at radius 2 is 1.73 bits per heavy atom. The molecule has 0 amide bonds. The normalized spacial score (nSPS) is 21.9. The fourth-order valence-corrected chi connectivity index (χ4v) is 4.07. The first-order chi connectivity index (χ1) is 10.9. The quantitative estimate of drug-likeness (QED) is 0.903. The minimum absolute atomic E-state index is 0.745. The third kappa shape index (κ3) is 4.02. The highest BCUT2D eigenvalue weighted by Gasteiger charge is 2.27. The number of hydrogen-bond donors (Lipinski definition) is 1. The third-order valence-corrected chi connectivity index (χ3v) is 5.35. The molecule has 122 valence electrons. The molecule has 1 aromatic carbocycles. The van der Waals surface area contributed by atoms with Crippen molar-refractivity contribution in [3.63, 3.8) is 0 Å². The molecule has 0 spiro atoms. The molecule has 3 nitrogen and oxygen atoms in total. The summed E-state index contributed by atoms with van der Waals surface area (Å²) in [6.07, 6.45) is 5.53. The second-order valence-electron chi connectivity index (χ2n) is 6.74. The van der Waals surface area contributed by atoms with E-state index in [-0.39, 0.29) is 0 Å². The van der Waals surface area contributed by atoms with Gasteiger partial charge in [-0.15, -0.1) is 0 Å². The number of benzene rings is 1. The summed E-state index contributed by atoms with van der Waals surface area (Å²) in [5, 5.41) is 3.49. The van der Waals surface area contributed by atoms with Crippen LogP contribution in [0.1, 0.15) is 38.2 Å². The highest BCUT2D eigenvalue weighted by atomic mass is 16.5. The van der Waals surface area contributed by atoms with Gasteiger partial charge in [0, 0.05) is 12.1 Å². The van der Waals surface area contributed by atoms with Crippen LogP contribution >= 0.6 is 0 Å². The van der Waals surface area contributed by atoms with Gasteiger partial charge in [0.2, 0.25) is 0 Å². The Labute approximate surface area is 135 Å². The van der Waals surface area contributed by atoms with Gasteiger partial charge in [0.1, 0.15) is 5.75 Å². The number of rotatable bonds is 5. The van der Waals surface area contributed by atoms with E-state index in [4.69, 9.17) is 4.74 Å². The van der Waals surface area contributed by atoms with Crippen LogP contribution in [-0.4, -0.2) is 37.7 Å². The molecule has 1 aromatic rings. The Hall–Kier alpha value is -1.06. The maximum absolute atomic E-state index is 5.76. The summed E-state index contributed by atoms with van der Waals surface area (Å²) >= 11 is 0. The van der Waals surface area contributed by atoms with Crippen LogP contribution in [0.5, 0.6) is 5.75 Å². The molecule has 2 heterocycles. The van der Waals surface area contributed by atoms with Crippen LogP contribution in [0.15, 0.2) is 24.3 Å². The average molecular weight is 302 g/mol. The molecule has 0 aliphatic carbocycles. The predicted molar refractivity (Wildman–Crippen MR) is 91.2 cm³/mol. The van der Waals surface area contributed by atoms with E-state index < -0.39 is 0 Å². The monoisotopic (exact) mass is 302 g/mol. The van der Waals surface area contributed by atoms with Gasteiger partial charge in [-0.05, 0) is 76.7 Å². The van der Waals surface area contributed by atoms with Gasteiger partial charge in [-0.1, -0.05) is 18.2 Å². The molecule has 3 heteroatoms. The average Bonchev–Trinajstić information content (AvgIpc) is 2.58. The number of likely N-dealkylation sites (tertiary alicyclic amines) is 1. The zero-order valence-electron chi connectivity index (χ0n) is 13.9. The molecule has 0 unspecified atom stereocenters. The summed E-state index contributed by atoms with van der Waals surface area (Å²) in [6.45, 7) is 8.79. The van der Waals surface area contributed by atoms with E-state index in [1.54, 1.807) is 0 Å². The van der Waals surface area contributed by atoms with Gasteiger partial charge in [-0.25, -0.2) is 0 Å². The van der Waals surface area contributed by atoms with Crippen LogP contribution in [-0.2, 0) is 6.54 Å². The largest absolute Gasteiger partial charge is 0.494 e. The Balaban J connectivity index is 1.51. The summed E-state index contributed by atoms with van der Waals surface area (Å²) in [5.74, 6) is 2.99. The molecule has 2 saturated heterocycles. The SMILES string of the molecule is CCOc1ccccc1CN1CCC(C2CCNCC2)CC1. The molecule has 2 fully saturated rings. The van der Waals surface area contributed by atoms with Crippen molar-refractivity contribution in [2.24, 2.45) is 11.8 Å². The molecule has 0 aromatic heterocycles. The van der Waals surface area contributed by atoms with Gasteiger partial charge in [0.15, 0.2) is 0 Å². The van der Waals surface area contributed by atoms with E-state index in [9.17, 15) is 0 Å². The standard InChI is InChI=1S/C19H30N2O/c1-2-22-19-6-4-3-5-18(19)15-21-13-9-17(10-14-21)16-7-11-20-12-8-16/h3-6,16-17,20H,2,7-15H2,1H3. The van der Waals surface area contributed by atoms with Crippen molar-refractivity contribution in [2.45, 2.75) is 39.2 Å². The minimum atomic E-state index is 0.745. The molecule has 0 radical (unpaired) electrons. The molecular weight excluding hydrogens is 272 g/mol. The summed E-state index contributed by atoms with van der Waals surface area (Å²) in [7, 11) is 0. The van der Waals surface area contributed by atoms with Crippen LogP contribution in [0, 0.1) is 11.8 Å². The van der Waals surface area contributed by atoms with E-state index >= 15 is 0 Å². The number of ether oxygens (including phenoxy) is 1. The number of nitrogens with zero attached hydrogens (tertiary/aromatic N) is 1. The Bertz CT molecular complexity index is 449. The zero-order valence-corrected chi connectivity index (χ0v) is 13.9. The highest BCUT2D eigenvalue weighted by Crippen LogP contribution is 2.31. The number of piperidine rings is 2. The first-order valence-electron chi connectivity index (χ1n) is 9.00. The van der Waals surface area contributed by atoms with Crippen LogP contribution in [0.4, 0.5) is 0 Å². The van der Waals surface area contributed by atoms with Gasteiger partial charge in [0.25, 0.3) is 0 Å². The van der Waals surface area contributed by atoms with Crippen molar-refractivity contribution in [2.75, 3.05) is 32.8 Å². The second-order valence-corrected chi connectivity index (χ2v) is 6.74. The number of para-hydroxylation sites is 1.